The van der Waals surface area contributed by atoms with Crippen molar-refractivity contribution in [3.63, 3.8) is 0 Å². The highest BCUT2D eigenvalue weighted by molar-refractivity contribution is 5.95. The molecule has 11 nitrogen and oxygen atoms in total. The molecular formula is C30H29F2N7O4. The van der Waals surface area contributed by atoms with Crippen LogP contribution in [0.4, 0.5) is 13.6 Å². The Morgan fingerprint density at radius 1 is 1.12 bits per heavy atom. The van der Waals surface area contributed by atoms with Crippen LogP contribution in [-0.2, 0) is 12.0 Å². The maximum atomic E-state index is 13.6. The van der Waals surface area contributed by atoms with Crippen LogP contribution in [0, 0.1) is 17.7 Å². The number of aryl methyl sites for hydroxylation is 1. The predicted octanol–water partition coefficient (Wildman–Crippen LogP) is 4.03. The molecule has 1 saturated carbocycles. The lowest BCUT2D eigenvalue weighted by Crippen LogP contribution is -2.40. The maximum Gasteiger partial charge on any atom is 0.405 e. The number of hydrogen-bond acceptors (Lipinski definition) is 7. The first-order valence-corrected chi connectivity index (χ1v) is 13.8. The number of benzene rings is 1. The molecule has 1 aromatic carbocycles. The van der Waals surface area contributed by atoms with E-state index >= 15 is 0 Å². The van der Waals surface area contributed by atoms with E-state index in [-0.39, 0.29) is 42.0 Å². The van der Waals surface area contributed by atoms with E-state index in [0.717, 1.165) is 0 Å². The minimum atomic E-state index is -1.18. The Labute approximate surface area is 245 Å². The molecule has 13 heteroatoms. The number of carbonyl (C=O) groups excluding carboxylic acids is 1. The van der Waals surface area contributed by atoms with Gasteiger partial charge >= 0.3 is 6.09 Å². The van der Waals surface area contributed by atoms with Crippen LogP contribution in [0.2, 0.25) is 0 Å². The van der Waals surface area contributed by atoms with Crippen molar-refractivity contribution in [2.45, 2.75) is 31.9 Å². The highest BCUT2D eigenvalue weighted by atomic mass is 19.1. The van der Waals surface area contributed by atoms with Crippen LogP contribution in [0.5, 0.6) is 5.88 Å². The van der Waals surface area contributed by atoms with Gasteiger partial charge in [0.1, 0.15) is 11.9 Å². The average molecular weight is 590 g/mol. The molecule has 222 valence electrons. The Bertz CT molecular complexity index is 1650. The fourth-order valence-corrected chi connectivity index (χ4v) is 5.53. The van der Waals surface area contributed by atoms with Crippen molar-refractivity contribution >= 4 is 12.0 Å². The van der Waals surface area contributed by atoms with Gasteiger partial charge in [-0.3, -0.25) is 9.18 Å². The first-order chi connectivity index (χ1) is 20.6. The number of aromatic nitrogens is 5. The van der Waals surface area contributed by atoms with Crippen LogP contribution in [-0.4, -0.2) is 72.6 Å². The summed E-state index contributed by atoms with van der Waals surface area (Å²) in [6, 6.07) is 11.0. The predicted molar refractivity (Wildman–Crippen MR) is 150 cm³/mol. The number of likely N-dealkylation sites (tertiary alicyclic amines) is 1. The number of carbonyl (C=O) groups is 2. The standard InChI is InChI=1S/C30H29F2N7O4/c1-30(2,36-29(41)42)18-12-24(17-4-6-19(32)7-5-17)35-25(13-18)43-26-20-14-38(15-21(20)26)27(40)22-16-39(37-23(22)8-9-31)28-33-10-3-11-34-28/h3-7,10-13,16,20-21,26,36H,8-9,14-15H2,1-2H3,(H,41,42)/t20-,21+,26-. The first kappa shape index (κ1) is 28.2. The lowest BCUT2D eigenvalue weighted by Gasteiger charge is -2.26. The number of carboxylic acid groups (broad SMARTS) is 1. The lowest BCUT2D eigenvalue weighted by atomic mass is 9.93. The van der Waals surface area contributed by atoms with Gasteiger partial charge in [-0.05, 0) is 55.8 Å². The number of ether oxygens (including phenoxy) is 1. The molecule has 3 atom stereocenters. The van der Waals surface area contributed by atoms with Gasteiger partial charge in [-0.1, -0.05) is 0 Å². The molecule has 0 unspecified atom stereocenters. The van der Waals surface area contributed by atoms with E-state index in [1.807, 2.05) is 0 Å². The minimum Gasteiger partial charge on any atom is -0.474 e. The zero-order valence-electron chi connectivity index (χ0n) is 23.4. The van der Waals surface area contributed by atoms with Gasteiger partial charge in [-0.25, -0.2) is 28.8 Å². The highest BCUT2D eigenvalue weighted by Gasteiger charge is 2.59. The third-order valence-electron chi connectivity index (χ3n) is 7.85. The van der Waals surface area contributed by atoms with Gasteiger partial charge in [0.25, 0.3) is 5.91 Å². The minimum absolute atomic E-state index is 0.00117. The van der Waals surface area contributed by atoms with Crippen molar-refractivity contribution in [2.75, 3.05) is 19.8 Å². The Hall–Kier alpha value is -4.94. The first-order valence-electron chi connectivity index (χ1n) is 13.8. The van der Waals surface area contributed by atoms with Crippen molar-refractivity contribution in [2.24, 2.45) is 11.8 Å². The number of halogens is 2. The molecule has 4 aromatic rings. The SMILES string of the molecule is CC(C)(NC(=O)O)c1cc(O[C@@H]2[C@@H]3CN(C(=O)c4cn(-c5ncccn5)nc4CCF)C[C@@H]32)nc(-c2ccc(F)cc2)c1. The zero-order valence-corrected chi connectivity index (χ0v) is 23.4. The molecule has 6 rings (SSSR count). The summed E-state index contributed by atoms with van der Waals surface area (Å²) in [6.07, 6.45) is 3.30. The smallest absolute Gasteiger partial charge is 0.405 e. The van der Waals surface area contributed by atoms with Crippen LogP contribution in [0.1, 0.15) is 35.5 Å². The summed E-state index contributed by atoms with van der Waals surface area (Å²) in [6.45, 7) is 3.71. The number of rotatable bonds is 9. The number of amides is 2. The monoisotopic (exact) mass is 589 g/mol. The lowest BCUT2D eigenvalue weighted by molar-refractivity contribution is 0.0750. The summed E-state index contributed by atoms with van der Waals surface area (Å²) in [4.78, 5) is 39.6. The summed E-state index contributed by atoms with van der Waals surface area (Å²) < 4.78 is 34.5. The van der Waals surface area contributed by atoms with E-state index in [1.165, 1.54) is 16.8 Å². The highest BCUT2D eigenvalue weighted by Crippen LogP contribution is 2.48. The van der Waals surface area contributed by atoms with Crippen molar-refractivity contribution in [3.8, 4) is 23.1 Å². The molecule has 0 radical (unpaired) electrons. The topological polar surface area (TPSA) is 135 Å². The molecule has 2 N–H and O–H groups in total. The molecule has 2 aliphatic rings. The number of pyridine rings is 1. The normalized spacial score (nSPS) is 19.2. The van der Waals surface area contributed by atoms with Crippen LogP contribution in [0.15, 0.2) is 61.1 Å². The molecule has 4 heterocycles. The van der Waals surface area contributed by atoms with Gasteiger partial charge in [-0.2, -0.15) is 5.10 Å². The number of nitrogens with one attached hydrogen (secondary N) is 1. The summed E-state index contributed by atoms with van der Waals surface area (Å²) in [7, 11) is 0. The molecule has 3 aromatic heterocycles. The molecule has 2 fully saturated rings. The van der Waals surface area contributed by atoms with E-state index in [1.54, 1.807) is 67.7 Å². The second-order valence-corrected chi connectivity index (χ2v) is 11.2. The van der Waals surface area contributed by atoms with Crippen molar-refractivity contribution in [1.29, 1.82) is 0 Å². The van der Waals surface area contributed by atoms with Gasteiger partial charge < -0.3 is 20.1 Å². The molecule has 0 bridgehead atoms. The van der Waals surface area contributed by atoms with E-state index < -0.39 is 18.3 Å². The van der Waals surface area contributed by atoms with Gasteiger partial charge in [0.15, 0.2) is 0 Å². The maximum absolute atomic E-state index is 13.6. The van der Waals surface area contributed by atoms with Crippen LogP contribution in [0.25, 0.3) is 17.2 Å². The Kier molecular flexibility index (Phi) is 7.24. The third-order valence-corrected chi connectivity index (χ3v) is 7.85. The molecule has 1 aliphatic carbocycles. The van der Waals surface area contributed by atoms with E-state index in [9.17, 15) is 23.5 Å². The average Bonchev–Trinajstić information content (AvgIpc) is 3.30. The van der Waals surface area contributed by atoms with Crippen LogP contribution >= 0.6 is 0 Å². The summed E-state index contributed by atoms with van der Waals surface area (Å²) in [5.41, 5.74) is 1.49. The fraction of sp³-hybridized carbons (Fsp3) is 0.333. The molecule has 43 heavy (non-hydrogen) atoms. The molecule has 1 aliphatic heterocycles. The molecular weight excluding hydrogens is 560 g/mol. The van der Waals surface area contributed by atoms with Gasteiger partial charge in [0, 0.05) is 61.6 Å². The second-order valence-electron chi connectivity index (χ2n) is 11.2. The number of nitrogens with zero attached hydrogens (tertiary/aromatic N) is 6. The number of fused-ring (bicyclic) bond motifs is 1. The summed E-state index contributed by atoms with van der Waals surface area (Å²) >= 11 is 0. The van der Waals surface area contributed by atoms with Crippen LogP contribution in [0.3, 0.4) is 0 Å². The van der Waals surface area contributed by atoms with Crippen molar-refractivity contribution in [1.82, 2.24) is 34.9 Å². The number of hydrogen-bond donors (Lipinski definition) is 2. The summed E-state index contributed by atoms with van der Waals surface area (Å²) in [5.74, 6) is 0.125. The third kappa shape index (κ3) is 5.74. The molecule has 1 saturated heterocycles. The number of alkyl halides is 1. The second kappa shape index (κ2) is 11.0. The van der Waals surface area contributed by atoms with E-state index in [4.69, 9.17) is 4.74 Å². The quantitative estimate of drug-likeness (QED) is 0.299. The zero-order chi connectivity index (χ0) is 30.3. The number of piperidine rings is 1. The molecule has 0 spiro atoms. The van der Waals surface area contributed by atoms with Gasteiger partial charge in [0.05, 0.1) is 29.2 Å². The van der Waals surface area contributed by atoms with Crippen molar-refractivity contribution < 1.29 is 28.2 Å². The van der Waals surface area contributed by atoms with E-state index in [2.05, 4.69) is 25.4 Å². The largest absolute Gasteiger partial charge is 0.474 e. The van der Waals surface area contributed by atoms with Crippen LogP contribution < -0.4 is 10.1 Å². The Morgan fingerprint density at radius 3 is 2.47 bits per heavy atom. The van der Waals surface area contributed by atoms with Crippen molar-refractivity contribution in [3.05, 3.63) is 83.7 Å². The molecule has 2 amide bonds. The Morgan fingerprint density at radius 2 is 1.81 bits per heavy atom. The van der Waals surface area contributed by atoms with E-state index in [0.29, 0.717) is 47.0 Å². The summed E-state index contributed by atoms with van der Waals surface area (Å²) in [5, 5.41) is 16.2. The van der Waals surface area contributed by atoms with Gasteiger partial charge in [0.2, 0.25) is 11.8 Å². The fourth-order valence-electron chi connectivity index (χ4n) is 5.53. The Balaban J connectivity index is 1.19. The van der Waals surface area contributed by atoms with Gasteiger partial charge in [-0.15, -0.1) is 0 Å².